The molecule has 0 aromatic heterocycles. The fourth-order valence-corrected chi connectivity index (χ4v) is 2.05. The second-order valence-electron chi connectivity index (χ2n) is 4.68. The number of hydrogen-bond donors (Lipinski definition) is 1. The summed E-state index contributed by atoms with van der Waals surface area (Å²) in [7, 11) is 1.63. The number of hydrogen-bond acceptors (Lipinski definition) is 3. The van der Waals surface area contributed by atoms with E-state index in [-0.39, 0.29) is 6.61 Å². The Morgan fingerprint density at radius 3 is 2.72 bits per heavy atom. The van der Waals surface area contributed by atoms with Crippen molar-refractivity contribution in [3.8, 4) is 11.5 Å². The molecule has 1 aliphatic rings. The Morgan fingerprint density at radius 2 is 2.11 bits per heavy atom. The van der Waals surface area contributed by atoms with Gasteiger partial charge in [-0.25, -0.2) is 0 Å². The van der Waals surface area contributed by atoms with Gasteiger partial charge < -0.3 is 14.6 Å². The van der Waals surface area contributed by atoms with Crippen LogP contribution in [0.3, 0.4) is 0 Å². The number of aliphatic hydroxyl groups is 1. The molecule has 4 heteroatoms. The van der Waals surface area contributed by atoms with Gasteiger partial charge >= 0.3 is 0 Å². The van der Waals surface area contributed by atoms with E-state index in [4.69, 9.17) is 26.2 Å². The Balaban J connectivity index is 2.10. The lowest BCUT2D eigenvalue weighted by molar-refractivity contribution is 0.279. The molecule has 0 amide bonds. The molecule has 0 spiro atoms. The Morgan fingerprint density at radius 1 is 1.33 bits per heavy atom. The Labute approximate surface area is 113 Å². The number of aliphatic hydroxyl groups excluding tert-OH is 1. The maximum absolute atomic E-state index is 8.85. The lowest BCUT2D eigenvalue weighted by Crippen LogP contribution is -2.02. The minimum Gasteiger partial charge on any atom is -0.493 e. The van der Waals surface area contributed by atoms with Gasteiger partial charge in [0.15, 0.2) is 11.5 Å². The highest BCUT2D eigenvalue weighted by molar-refractivity contribution is 6.31. The second kappa shape index (κ2) is 6.30. The molecule has 3 nitrogen and oxygen atoms in total. The summed E-state index contributed by atoms with van der Waals surface area (Å²) < 4.78 is 11.1. The minimum atomic E-state index is 0.165. The van der Waals surface area contributed by atoms with Crippen LogP contribution in [-0.2, 0) is 6.42 Å². The van der Waals surface area contributed by atoms with Crippen LogP contribution < -0.4 is 9.47 Å². The van der Waals surface area contributed by atoms with Gasteiger partial charge in [0.2, 0.25) is 0 Å². The standard InChI is InChI=1S/C14H19ClO3/c1-17-13-7-11(3-2-6-16)12(15)8-14(13)18-9-10-4-5-10/h7-8,10,16H,2-6,9H2,1H3. The van der Waals surface area contributed by atoms with Crippen molar-refractivity contribution in [2.24, 2.45) is 5.92 Å². The zero-order chi connectivity index (χ0) is 13.0. The summed E-state index contributed by atoms with van der Waals surface area (Å²) in [5, 5.41) is 9.53. The third kappa shape index (κ3) is 3.53. The minimum absolute atomic E-state index is 0.165. The number of rotatable bonds is 7. The first-order valence-corrected chi connectivity index (χ1v) is 6.72. The summed E-state index contributed by atoms with van der Waals surface area (Å²) in [5.41, 5.74) is 0.987. The zero-order valence-electron chi connectivity index (χ0n) is 10.6. The van der Waals surface area contributed by atoms with Crippen LogP contribution in [0.15, 0.2) is 12.1 Å². The molecule has 1 saturated carbocycles. The highest BCUT2D eigenvalue weighted by atomic mass is 35.5. The summed E-state index contributed by atoms with van der Waals surface area (Å²) in [6.07, 6.45) is 3.95. The van der Waals surface area contributed by atoms with Gasteiger partial charge in [-0.05, 0) is 43.2 Å². The Kier molecular flexibility index (Phi) is 4.72. The van der Waals surface area contributed by atoms with Gasteiger partial charge in [-0.1, -0.05) is 11.6 Å². The van der Waals surface area contributed by atoms with Gasteiger partial charge in [-0.2, -0.15) is 0 Å². The number of methoxy groups -OCH3 is 1. The molecule has 0 saturated heterocycles. The fourth-order valence-electron chi connectivity index (χ4n) is 1.80. The summed E-state index contributed by atoms with van der Waals surface area (Å²) in [5.74, 6) is 2.12. The predicted octanol–water partition coefficient (Wildman–Crippen LogP) is 3.06. The summed E-state index contributed by atoms with van der Waals surface area (Å²) in [6, 6.07) is 3.72. The van der Waals surface area contributed by atoms with Gasteiger partial charge in [-0.3, -0.25) is 0 Å². The maximum Gasteiger partial charge on any atom is 0.162 e. The van der Waals surface area contributed by atoms with Crippen LogP contribution in [0.1, 0.15) is 24.8 Å². The third-order valence-corrected chi connectivity index (χ3v) is 3.46. The maximum atomic E-state index is 8.85. The second-order valence-corrected chi connectivity index (χ2v) is 5.08. The van der Waals surface area contributed by atoms with E-state index in [9.17, 15) is 0 Å². The zero-order valence-corrected chi connectivity index (χ0v) is 11.4. The van der Waals surface area contributed by atoms with Crippen molar-refractivity contribution in [2.75, 3.05) is 20.3 Å². The highest BCUT2D eigenvalue weighted by Crippen LogP contribution is 2.36. The molecule has 0 unspecified atom stereocenters. The number of halogens is 1. The van der Waals surface area contributed by atoms with Crippen LogP contribution >= 0.6 is 11.6 Å². The van der Waals surface area contributed by atoms with Crippen molar-refractivity contribution in [3.63, 3.8) is 0 Å². The smallest absolute Gasteiger partial charge is 0.162 e. The molecule has 0 radical (unpaired) electrons. The first kappa shape index (κ1) is 13.5. The van der Waals surface area contributed by atoms with Gasteiger partial charge in [0.05, 0.1) is 13.7 Å². The average Bonchev–Trinajstić information content (AvgIpc) is 3.19. The molecule has 1 aromatic carbocycles. The molecular weight excluding hydrogens is 252 g/mol. The van der Waals surface area contributed by atoms with E-state index in [0.29, 0.717) is 28.9 Å². The largest absolute Gasteiger partial charge is 0.493 e. The highest BCUT2D eigenvalue weighted by Gasteiger charge is 2.22. The Hall–Kier alpha value is -0.930. The lowest BCUT2D eigenvalue weighted by atomic mass is 10.1. The average molecular weight is 271 g/mol. The van der Waals surface area contributed by atoms with E-state index in [0.717, 1.165) is 18.6 Å². The molecule has 0 heterocycles. The van der Waals surface area contributed by atoms with Crippen LogP contribution in [0.5, 0.6) is 11.5 Å². The fraction of sp³-hybridized carbons (Fsp3) is 0.571. The predicted molar refractivity (Wildman–Crippen MR) is 71.6 cm³/mol. The van der Waals surface area contributed by atoms with Crippen molar-refractivity contribution in [2.45, 2.75) is 25.7 Å². The summed E-state index contributed by atoms with van der Waals surface area (Å²) in [6.45, 7) is 0.904. The summed E-state index contributed by atoms with van der Waals surface area (Å²) in [4.78, 5) is 0. The van der Waals surface area contributed by atoms with Crippen molar-refractivity contribution >= 4 is 11.6 Å². The van der Waals surface area contributed by atoms with E-state index < -0.39 is 0 Å². The molecule has 1 aromatic rings. The molecule has 0 atom stereocenters. The molecular formula is C14H19ClO3. The van der Waals surface area contributed by atoms with Crippen LogP contribution in [0, 0.1) is 5.92 Å². The lowest BCUT2D eigenvalue weighted by Gasteiger charge is -2.13. The van der Waals surface area contributed by atoms with Crippen molar-refractivity contribution in [3.05, 3.63) is 22.7 Å². The van der Waals surface area contributed by atoms with Gasteiger partial charge in [0, 0.05) is 17.7 Å². The van der Waals surface area contributed by atoms with Gasteiger partial charge in [0.25, 0.3) is 0 Å². The molecule has 2 rings (SSSR count). The van der Waals surface area contributed by atoms with Crippen LogP contribution in [0.25, 0.3) is 0 Å². The van der Waals surface area contributed by atoms with Crippen LogP contribution in [0.2, 0.25) is 5.02 Å². The number of ether oxygens (including phenoxy) is 2. The van der Waals surface area contributed by atoms with Crippen molar-refractivity contribution in [1.82, 2.24) is 0 Å². The summed E-state index contributed by atoms with van der Waals surface area (Å²) >= 11 is 6.21. The number of benzene rings is 1. The molecule has 0 bridgehead atoms. The van der Waals surface area contributed by atoms with Crippen LogP contribution in [-0.4, -0.2) is 25.4 Å². The first-order valence-electron chi connectivity index (χ1n) is 6.34. The van der Waals surface area contributed by atoms with Crippen LogP contribution in [0.4, 0.5) is 0 Å². The van der Waals surface area contributed by atoms with E-state index in [1.165, 1.54) is 12.8 Å². The SMILES string of the molecule is COc1cc(CCCO)c(Cl)cc1OCC1CC1. The normalized spacial score (nSPS) is 14.6. The van der Waals surface area contributed by atoms with E-state index in [1.54, 1.807) is 7.11 Å². The molecule has 0 aliphatic heterocycles. The number of aryl methyl sites for hydroxylation is 1. The van der Waals surface area contributed by atoms with Crippen molar-refractivity contribution in [1.29, 1.82) is 0 Å². The molecule has 1 fully saturated rings. The molecule has 1 N–H and O–H groups in total. The van der Waals surface area contributed by atoms with E-state index in [2.05, 4.69) is 0 Å². The van der Waals surface area contributed by atoms with Crippen molar-refractivity contribution < 1.29 is 14.6 Å². The first-order chi connectivity index (χ1) is 8.74. The topological polar surface area (TPSA) is 38.7 Å². The Bertz CT molecular complexity index is 402. The van der Waals surface area contributed by atoms with E-state index >= 15 is 0 Å². The van der Waals surface area contributed by atoms with Gasteiger partial charge in [-0.15, -0.1) is 0 Å². The molecule has 100 valence electrons. The molecule has 1 aliphatic carbocycles. The molecule has 18 heavy (non-hydrogen) atoms. The monoisotopic (exact) mass is 270 g/mol. The quantitative estimate of drug-likeness (QED) is 0.828. The third-order valence-electron chi connectivity index (χ3n) is 3.11. The van der Waals surface area contributed by atoms with E-state index in [1.807, 2.05) is 12.1 Å². The van der Waals surface area contributed by atoms with Gasteiger partial charge in [0.1, 0.15) is 0 Å².